The Kier molecular flexibility index (Phi) is 2.80. The second-order valence-corrected chi connectivity index (χ2v) is 6.07. The predicted octanol–water partition coefficient (Wildman–Crippen LogP) is -0.536. The van der Waals surface area contributed by atoms with Gasteiger partial charge in [0.15, 0.2) is 0 Å². The van der Waals surface area contributed by atoms with Gasteiger partial charge in [0.2, 0.25) is 0 Å². The van der Waals surface area contributed by atoms with Crippen molar-refractivity contribution in [1.29, 1.82) is 0 Å². The third kappa shape index (κ3) is 2.23. The van der Waals surface area contributed by atoms with Gasteiger partial charge in [-0.15, -0.1) is 0 Å². The van der Waals surface area contributed by atoms with E-state index in [2.05, 4.69) is 0 Å². The Bertz CT molecular complexity index is 424. The molecular formula is C7H8AsNO5. The van der Waals surface area contributed by atoms with Gasteiger partial charge in [-0.05, 0) is 0 Å². The van der Waals surface area contributed by atoms with Crippen molar-refractivity contribution in [1.82, 2.24) is 0 Å². The Hall–Kier alpha value is -1.10. The number of aryl methyl sites for hydroxylation is 1. The van der Waals surface area contributed by atoms with Gasteiger partial charge < -0.3 is 0 Å². The van der Waals surface area contributed by atoms with Crippen LogP contribution in [-0.4, -0.2) is 27.3 Å². The number of rotatable bonds is 2. The summed E-state index contributed by atoms with van der Waals surface area (Å²) in [4.78, 5) is 9.72. The minimum absolute atomic E-state index is 0.117. The number of non-ortho nitro benzene ring substituents is 1. The van der Waals surface area contributed by atoms with Crippen LogP contribution in [0.5, 0.6) is 0 Å². The van der Waals surface area contributed by atoms with Crippen LogP contribution < -0.4 is 4.35 Å². The molecule has 14 heavy (non-hydrogen) atoms. The Labute approximate surface area is 82.3 Å². The van der Waals surface area contributed by atoms with Crippen molar-refractivity contribution < 1.29 is 16.9 Å². The summed E-state index contributed by atoms with van der Waals surface area (Å²) in [7, 11) is 0. The van der Waals surface area contributed by atoms with Crippen LogP contribution in [0.4, 0.5) is 5.69 Å². The van der Waals surface area contributed by atoms with E-state index >= 15 is 0 Å². The summed E-state index contributed by atoms with van der Waals surface area (Å²) >= 11 is -4.94. The standard InChI is InChI=1S/C7H8AsNO5/c1-5-4-6(9(13)14)2-3-7(5)8(10,11)12/h2-4H,1H3,(H2,10,11,12). The second kappa shape index (κ2) is 3.57. The topological polar surface area (TPSA) is 101 Å². The zero-order valence-electron chi connectivity index (χ0n) is 7.25. The monoisotopic (exact) mass is 261 g/mol. The first-order valence-corrected chi connectivity index (χ1v) is 7.02. The van der Waals surface area contributed by atoms with Crippen molar-refractivity contribution in [3.63, 3.8) is 0 Å². The van der Waals surface area contributed by atoms with E-state index in [-0.39, 0.29) is 15.6 Å². The number of hydrogen-bond donors (Lipinski definition) is 2. The zero-order valence-corrected chi connectivity index (χ0v) is 9.12. The second-order valence-electron chi connectivity index (χ2n) is 2.77. The summed E-state index contributed by atoms with van der Waals surface area (Å²) in [5.74, 6) is 0. The molecule has 0 spiro atoms. The summed E-state index contributed by atoms with van der Waals surface area (Å²) in [6, 6.07) is 3.34. The average Bonchev–Trinajstić information content (AvgIpc) is 2.01. The van der Waals surface area contributed by atoms with E-state index in [0.717, 1.165) is 18.2 Å². The fraction of sp³-hybridized carbons (Fsp3) is 0.143. The van der Waals surface area contributed by atoms with E-state index in [9.17, 15) is 13.9 Å². The Morgan fingerprint density at radius 3 is 2.36 bits per heavy atom. The summed E-state index contributed by atoms with van der Waals surface area (Å²) in [5, 5.41) is 10.3. The predicted molar refractivity (Wildman–Crippen MR) is 48.3 cm³/mol. The molecule has 0 saturated carbocycles. The van der Waals surface area contributed by atoms with Crippen LogP contribution >= 0.6 is 0 Å². The first kappa shape index (κ1) is 11.0. The molecule has 1 rings (SSSR count). The van der Waals surface area contributed by atoms with Gasteiger partial charge in [-0.3, -0.25) is 0 Å². The molecule has 0 amide bonds. The van der Waals surface area contributed by atoms with Gasteiger partial charge in [-0.2, -0.15) is 0 Å². The fourth-order valence-electron chi connectivity index (χ4n) is 1.08. The third-order valence-electron chi connectivity index (χ3n) is 1.71. The molecule has 0 aliphatic rings. The third-order valence-corrected chi connectivity index (χ3v) is 4.07. The molecule has 0 bridgehead atoms. The van der Waals surface area contributed by atoms with Gasteiger partial charge in [-0.25, -0.2) is 0 Å². The Morgan fingerprint density at radius 1 is 1.43 bits per heavy atom. The van der Waals surface area contributed by atoms with Gasteiger partial charge in [-0.1, -0.05) is 0 Å². The molecule has 0 heterocycles. The van der Waals surface area contributed by atoms with Crippen molar-refractivity contribution >= 4 is 24.2 Å². The summed E-state index contributed by atoms with van der Waals surface area (Å²) < 4.78 is 28.6. The molecule has 0 atom stereocenters. The summed E-state index contributed by atoms with van der Waals surface area (Å²) in [5.41, 5.74) is 0.0712. The van der Waals surface area contributed by atoms with Crippen LogP contribution in [0.1, 0.15) is 5.56 Å². The van der Waals surface area contributed by atoms with E-state index in [4.69, 9.17) is 8.19 Å². The zero-order chi connectivity index (χ0) is 10.9. The maximum atomic E-state index is 10.9. The molecule has 1 aromatic carbocycles. The van der Waals surface area contributed by atoms with E-state index in [1.165, 1.54) is 6.92 Å². The fourth-order valence-corrected chi connectivity index (χ4v) is 2.74. The van der Waals surface area contributed by atoms with Crippen LogP contribution in [0.15, 0.2) is 18.2 Å². The van der Waals surface area contributed by atoms with Gasteiger partial charge in [0.1, 0.15) is 0 Å². The van der Waals surface area contributed by atoms with E-state index < -0.39 is 19.1 Å². The van der Waals surface area contributed by atoms with Crippen molar-refractivity contribution in [3.05, 3.63) is 33.9 Å². The van der Waals surface area contributed by atoms with Crippen molar-refractivity contribution in [3.8, 4) is 0 Å². The Balaban J connectivity index is 3.28. The van der Waals surface area contributed by atoms with Gasteiger partial charge in [0.05, 0.1) is 0 Å². The van der Waals surface area contributed by atoms with Crippen LogP contribution in [0.3, 0.4) is 0 Å². The molecule has 1 aromatic rings. The molecule has 6 nitrogen and oxygen atoms in total. The molecule has 0 saturated heterocycles. The normalized spacial score (nSPS) is 11.4. The number of nitro benzene ring substituents is 1. The van der Waals surface area contributed by atoms with E-state index in [1.807, 2.05) is 0 Å². The number of benzene rings is 1. The van der Waals surface area contributed by atoms with Gasteiger partial charge in [0, 0.05) is 0 Å². The number of nitro groups is 1. The van der Waals surface area contributed by atoms with E-state index in [1.54, 1.807) is 0 Å². The van der Waals surface area contributed by atoms with Crippen LogP contribution in [0.2, 0.25) is 0 Å². The summed E-state index contributed by atoms with van der Waals surface area (Å²) in [6.07, 6.45) is 0. The molecular weight excluding hydrogens is 253 g/mol. The van der Waals surface area contributed by atoms with Crippen molar-refractivity contribution in [2.24, 2.45) is 0 Å². The van der Waals surface area contributed by atoms with Crippen LogP contribution in [0, 0.1) is 17.0 Å². The number of nitrogens with zero attached hydrogens (tertiary/aromatic N) is 1. The molecule has 76 valence electrons. The average molecular weight is 261 g/mol. The first-order valence-electron chi connectivity index (χ1n) is 3.63. The Morgan fingerprint density at radius 2 is 2.00 bits per heavy atom. The molecule has 0 aliphatic heterocycles. The molecule has 7 heteroatoms. The molecule has 0 fully saturated rings. The summed E-state index contributed by atoms with van der Waals surface area (Å²) in [6.45, 7) is 1.43. The van der Waals surface area contributed by atoms with Crippen LogP contribution in [0.25, 0.3) is 0 Å². The van der Waals surface area contributed by atoms with Gasteiger partial charge in [0.25, 0.3) is 0 Å². The molecule has 0 unspecified atom stereocenters. The maximum absolute atomic E-state index is 10.9. The molecule has 0 radical (unpaired) electrons. The SMILES string of the molecule is Cc1cc([N+](=O)[O-])ccc1[As](=O)(O)O. The minimum atomic E-state index is -4.94. The molecule has 0 aliphatic carbocycles. The molecule has 2 N–H and O–H groups in total. The van der Waals surface area contributed by atoms with Crippen molar-refractivity contribution in [2.75, 3.05) is 0 Å². The van der Waals surface area contributed by atoms with Gasteiger partial charge >= 0.3 is 81.9 Å². The van der Waals surface area contributed by atoms with Crippen LogP contribution in [-0.2, 0) is 3.74 Å². The van der Waals surface area contributed by atoms with Crippen molar-refractivity contribution in [2.45, 2.75) is 6.92 Å². The number of hydrogen-bond acceptors (Lipinski definition) is 3. The van der Waals surface area contributed by atoms with E-state index in [0.29, 0.717) is 0 Å². The quantitative estimate of drug-likeness (QED) is 0.423. The first-order chi connectivity index (χ1) is 6.32. The molecule has 0 aromatic heterocycles.